The molecule has 5 nitrogen and oxygen atoms in total. The zero-order valence-corrected chi connectivity index (χ0v) is 4.87. The summed E-state index contributed by atoms with van der Waals surface area (Å²) in [6.07, 6.45) is 0.889. The molecule has 0 aromatic carbocycles. The molecule has 0 atom stereocenters. The summed E-state index contributed by atoms with van der Waals surface area (Å²) in [7, 11) is 0. The quantitative estimate of drug-likeness (QED) is 0.544. The third-order valence-corrected chi connectivity index (χ3v) is 0.981. The van der Waals surface area contributed by atoms with Gasteiger partial charge in [-0.1, -0.05) is 0 Å². The molecule has 5 heteroatoms. The molecule has 1 aliphatic heterocycles. The average Bonchev–Trinajstić information content (AvgIpc) is 2.48. The van der Waals surface area contributed by atoms with Crippen LogP contribution in [0.3, 0.4) is 0 Å². The maximum Gasteiger partial charge on any atom is 0.312 e. The van der Waals surface area contributed by atoms with Gasteiger partial charge in [0.25, 0.3) is 0 Å². The van der Waals surface area contributed by atoms with E-state index in [0.29, 0.717) is 6.54 Å². The number of primary amides is 1. The fraction of sp³-hybridized carbons (Fsp3) is 0.750. The van der Waals surface area contributed by atoms with Gasteiger partial charge < -0.3 is 11.1 Å². The van der Waals surface area contributed by atoms with E-state index in [9.17, 15) is 4.79 Å². The number of carbonyl (C=O) groups is 1. The van der Waals surface area contributed by atoms with Crippen LogP contribution in [0.1, 0.15) is 6.42 Å². The van der Waals surface area contributed by atoms with E-state index in [-0.39, 0.29) is 6.17 Å². The lowest BCUT2D eigenvalue weighted by atomic mass is 10.4. The van der Waals surface area contributed by atoms with Gasteiger partial charge in [0.05, 0.1) is 0 Å². The van der Waals surface area contributed by atoms with Crippen LogP contribution in [0.25, 0.3) is 0 Å². The van der Waals surface area contributed by atoms with Crippen molar-refractivity contribution < 1.29 is 4.79 Å². The summed E-state index contributed by atoms with van der Waals surface area (Å²) < 4.78 is 0. The van der Waals surface area contributed by atoms with Gasteiger partial charge in [0.1, 0.15) is 0 Å². The lowest BCUT2D eigenvalue weighted by Gasteiger charge is -1.95. The molecule has 0 aliphatic carbocycles. The Morgan fingerprint density at radius 3 is 2.78 bits per heavy atom. The number of hydrogen-bond donors (Lipinski definition) is 2. The van der Waals surface area contributed by atoms with Crippen molar-refractivity contribution in [3.8, 4) is 0 Å². The van der Waals surface area contributed by atoms with Crippen LogP contribution < -0.4 is 11.1 Å². The van der Waals surface area contributed by atoms with Gasteiger partial charge in [-0.15, -0.1) is 0 Å². The fourth-order valence-corrected chi connectivity index (χ4v) is 0.487. The molecule has 1 rings (SSSR count). The molecular formula is C4H8N4O. The Morgan fingerprint density at radius 1 is 1.67 bits per heavy atom. The summed E-state index contributed by atoms with van der Waals surface area (Å²) >= 11 is 0. The van der Waals surface area contributed by atoms with Crippen LogP contribution in [0.4, 0.5) is 4.79 Å². The van der Waals surface area contributed by atoms with Crippen molar-refractivity contribution in [2.75, 3.05) is 6.54 Å². The average molecular weight is 128 g/mol. The summed E-state index contributed by atoms with van der Waals surface area (Å²) in [6, 6.07) is -0.490. The molecule has 2 amide bonds. The molecule has 0 aromatic heterocycles. The van der Waals surface area contributed by atoms with Crippen molar-refractivity contribution >= 4 is 6.03 Å². The van der Waals surface area contributed by atoms with Crippen molar-refractivity contribution in [2.24, 2.45) is 16.0 Å². The highest BCUT2D eigenvalue weighted by Gasteiger charge is 2.13. The molecule has 0 fully saturated rings. The van der Waals surface area contributed by atoms with Crippen LogP contribution >= 0.6 is 0 Å². The molecule has 0 bridgehead atoms. The highest BCUT2D eigenvalue weighted by Crippen LogP contribution is 2.12. The van der Waals surface area contributed by atoms with Crippen LogP contribution in [0.15, 0.2) is 10.2 Å². The van der Waals surface area contributed by atoms with E-state index >= 15 is 0 Å². The van der Waals surface area contributed by atoms with Crippen molar-refractivity contribution in [1.82, 2.24) is 5.32 Å². The Balaban J connectivity index is 1.87. The van der Waals surface area contributed by atoms with Crippen molar-refractivity contribution in [2.45, 2.75) is 12.6 Å². The number of nitrogens with two attached hydrogens (primary N) is 1. The minimum absolute atomic E-state index is 0.122. The molecule has 1 heterocycles. The van der Waals surface area contributed by atoms with Gasteiger partial charge in [0.2, 0.25) is 0 Å². The summed E-state index contributed by atoms with van der Waals surface area (Å²) in [6.45, 7) is 0.562. The SMILES string of the molecule is NC(=O)NCCC1N=N1. The second kappa shape index (κ2) is 2.43. The topological polar surface area (TPSA) is 79.8 Å². The highest BCUT2D eigenvalue weighted by atomic mass is 16.2. The number of nitrogens with one attached hydrogen (secondary N) is 1. The summed E-state index contributed by atoms with van der Waals surface area (Å²) in [4.78, 5) is 10.1. The number of carbonyl (C=O) groups excluding carboxylic acids is 1. The highest BCUT2D eigenvalue weighted by molar-refractivity contribution is 5.71. The van der Waals surface area contributed by atoms with Gasteiger partial charge in [-0.25, -0.2) is 4.79 Å². The second-order valence-corrected chi connectivity index (χ2v) is 1.79. The smallest absolute Gasteiger partial charge is 0.312 e. The van der Waals surface area contributed by atoms with Crippen LogP contribution in [-0.4, -0.2) is 18.7 Å². The predicted molar refractivity (Wildman–Crippen MR) is 30.8 cm³/mol. The van der Waals surface area contributed by atoms with Crippen molar-refractivity contribution in [3.63, 3.8) is 0 Å². The summed E-state index contributed by atoms with van der Waals surface area (Å²) in [5, 5.41) is 9.70. The van der Waals surface area contributed by atoms with E-state index in [1.807, 2.05) is 0 Å². The molecular weight excluding hydrogens is 120 g/mol. The predicted octanol–water partition coefficient (Wildman–Crippen LogP) is -0.163. The third kappa shape index (κ3) is 2.63. The Morgan fingerprint density at radius 2 is 2.33 bits per heavy atom. The molecule has 3 N–H and O–H groups in total. The van der Waals surface area contributed by atoms with Crippen LogP contribution in [0.5, 0.6) is 0 Å². The maximum atomic E-state index is 10.1. The molecule has 50 valence electrons. The Kier molecular flexibility index (Phi) is 1.62. The van der Waals surface area contributed by atoms with Gasteiger partial charge in [0.15, 0.2) is 6.17 Å². The Bertz CT molecular complexity index is 138. The largest absolute Gasteiger partial charge is 0.352 e. The number of rotatable bonds is 3. The number of nitrogens with zero attached hydrogens (tertiary/aromatic N) is 2. The van der Waals surface area contributed by atoms with Gasteiger partial charge in [-0.2, -0.15) is 10.2 Å². The molecule has 0 saturated heterocycles. The Hall–Kier alpha value is -1.13. The van der Waals surface area contributed by atoms with Gasteiger partial charge in [-0.3, -0.25) is 0 Å². The van der Waals surface area contributed by atoms with Gasteiger partial charge in [0, 0.05) is 13.0 Å². The van der Waals surface area contributed by atoms with E-state index in [0.717, 1.165) is 6.42 Å². The standard InChI is InChI=1S/C4H8N4O/c5-4(9)6-2-1-3-7-8-3/h3H,1-2H2,(H3,5,6,9). The van der Waals surface area contributed by atoms with E-state index in [1.165, 1.54) is 0 Å². The molecule has 0 radical (unpaired) electrons. The molecule has 1 aliphatic rings. The van der Waals surface area contributed by atoms with Crippen molar-refractivity contribution in [1.29, 1.82) is 0 Å². The molecule has 0 saturated carbocycles. The van der Waals surface area contributed by atoms with E-state index in [1.54, 1.807) is 0 Å². The molecule has 0 unspecified atom stereocenters. The first-order chi connectivity index (χ1) is 4.29. The normalized spacial score (nSPS) is 15.6. The minimum Gasteiger partial charge on any atom is -0.352 e. The first-order valence-corrected chi connectivity index (χ1v) is 2.72. The fourth-order valence-electron chi connectivity index (χ4n) is 0.487. The number of hydrogen-bond acceptors (Lipinski definition) is 3. The van der Waals surface area contributed by atoms with E-state index in [2.05, 4.69) is 15.5 Å². The monoisotopic (exact) mass is 128 g/mol. The van der Waals surface area contributed by atoms with Gasteiger partial charge in [-0.05, 0) is 0 Å². The molecule has 0 spiro atoms. The van der Waals surface area contributed by atoms with Crippen LogP contribution in [0.2, 0.25) is 0 Å². The molecule has 9 heavy (non-hydrogen) atoms. The lowest BCUT2D eigenvalue weighted by molar-refractivity contribution is 0.249. The first-order valence-electron chi connectivity index (χ1n) is 2.72. The third-order valence-electron chi connectivity index (χ3n) is 0.981. The first kappa shape index (κ1) is 6.00. The number of amides is 2. The lowest BCUT2D eigenvalue weighted by Crippen LogP contribution is -2.30. The van der Waals surface area contributed by atoms with Crippen LogP contribution in [0, 0.1) is 0 Å². The number of urea groups is 1. The summed E-state index contributed by atoms with van der Waals surface area (Å²) in [5.74, 6) is 0. The second-order valence-electron chi connectivity index (χ2n) is 1.79. The van der Waals surface area contributed by atoms with E-state index < -0.39 is 6.03 Å². The molecule has 0 aromatic rings. The summed E-state index contributed by atoms with van der Waals surface area (Å²) in [5.41, 5.74) is 4.79. The van der Waals surface area contributed by atoms with Crippen molar-refractivity contribution in [3.05, 3.63) is 0 Å². The maximum absolute atomic E-state index is 10.1. The zero-order valence-electron chi connectivity index (χ0n) is 4.87. The Labute approximate surface area is 52.3 Å². The van der Waals surface area contributed by atoms with E-state index in [4.69, 9.17) is 5.73 Å². The van der Waals surface area contributed by atoms with Gasteiger partial charge >= 0.3 is 6.03 Å². The zero-order chi connectivity index (χ0) is 6.69. The van der Waals surface area contributed by atoms with Crippen LogP contribution in [-0.2, 0) is 0 Å². The minimum atomic E-state index is -0.490.